The van der Waals surface area contributed by atoms with E-state index in [0.29, 0.717) is 34.9 Å². The molecule has 1 aromatic heterocycles. The number of nitrogens with zero attached hydrogens (tertiary/aromatic N) is 2. The summed E-state index contributed by atoms with van der Waals surface area (Å²) in [5.41, 5.74) is 2.51. The molecular formula is C30H31N3O5. The van der Waals surface area contributed by atoms with Crippen LogP contribution in [0, 0.1) is 0 Å². The van der Waals surface area contributed by atoms with Crippen LogP contribution in [0.2, 0.25) is 0 Å². The summed E-state index contributed by atoms with van der Waals surface area (Å²) in [6, 6.07) is 14.4. The van der Waals surface area contributed by atoms with Crippen molar-refractivity contribution in [3.05, 3.63) is 89.3 Å². The Morgan fingerprint density at radius 1 is 1.11 bits per heavy atom. The monoisotopic (exact) mass is 513 g/mol. The van der Waals surface area contributed by atoms with Gasteiger partial charge in [0.1, 0.15) is 11.5 Å². The Kier molecular flexibility index (Phi) is 7.35. The number of amides is 2. The molecule has 0 aliphatic carbocycles. The molecule has 38 heavy (non-hydrogen) atoms. The van der Waals surface area contributed by atoms with Gasteiger partial charge in [0.15, 0.2) is 0 Å². The summed E-state index contributed by atoms with van der Waals surface area (Å²) in [4.78, 5) is 43.8. The van der Waals surface area contributed by atoms with Crippen molar-refractivity contribution in [1.29, 1.82) is 0 Å². The first-order chi connectivity index (χ1) is 18.0. The van der Waals surface area contributed by atoms with Crippen LogP contribution >= 0.6 is 0 Å². The van der Waals surface area contributed by atoms with Gasteiger partial charge in [-0.3, -0.25) is 24.3 Å². The molecule has 2 heterocycles. The molecule has 2 amide bonds. The number of Topliss-reactive ketones (excluding diaryl/α,β-unsaturated/α-hetero) is 1. The van der Waals surface area contributed by atoms with Crippen LogP contribution < -0.4 is 15.0 Å². The maximum Gasteiger partial charge on any atom is 0.300 e. The molecule has 8 nitrogen and oxygen atoms in total. The number of hydrogen-bond acceptors (Lipinski definition) is 6. The average Bonchev–Trinajstić information content (AvgIpc) is 3.14. The first kappa shape index (κ1) is 26.6. The number of ketones is 1. The SMILES string of the molecule is CCOc1ccc(/C(O)=C2/C(=O)C(=O)N(c3ccc(NC(C)=O)cc3)C2c2cccnc2)cc1C(C)(C)C. The van der Waals surface area contributed by atoms with Gasteiger partial charge in [0.2, 0.25) is 5.91 Å². The Bertz CT molecular complexity index is 1410. The van der Waals surface area contributed by atoms with Crippen molar-refractivity contribution in [1.82, 2.24) is 4.98 Å². The highest BCUT2D eigenvalue weighted by atomic mass is 16.5. The summed E-state index contributed by atoms with van der Waals surface area (Å²) >= 11 is 0. The molecule has 1 aliphatic rings. The third kappa shape index (κ3) is 5.16. The Balaban J connectivity index is 1.88. The Hall–Kier alpha value is -4.46. The molecule has 1 fully saturated rings. The summed E-state index contributed by atoms with van der Waals surface area (Å²) in [6.45, 7) is 9.90. The molecule has 0 radical (unpaired) electrons. The molecule has 0 saturated carbocycles. The van der Waals surface area contributed by atoms with E-state index < -0.39 is 17.7 Å². The maximum atomic E-state index is 13.4. The fourth-order valence-electron chi connectivity index (χ4n) is 4.56. The highest BCUT2D eigenvalue weighted by Crippen LogP contribution is 2.43. The van der Waals surface area contributed by atoms with E-state index >= 15 is 0 Å². The number of rotatable bonds is 6. The van der Waals surface area contributed by atoms with Crippen molar-refractivity contribution in [2.45, 2.75) is 46.1 Å². The van der Waals surface area contributed by atoms with Crippen LogP contribution in [0.3, 0.4) is 0 Å². The summed E-state index contributed by atoms with van der Waals surface area (Å²) < 4.78 is 5.80. The summed E-state index contributed by atoms with van der Waals surface area (Å²) in [6.07, 6.45) is 3.17. The van der Waals surface area contributed by atoms with E-state index in [0.717, 1.165) is 5.56 Å². The van der Waals surface area contributed by atoms with E-state index in [4.69, 9.17) is 4.74 Å². The number of ether oxygens (including phenoxy) is 1. The molecule has 2 aromatic carbocycles. The van der Waals surface area contributed by atoms with E-state index in [-0.39, 0.29) is 22.7 Å². The second-order valence-corrected chi connectivity index (χ2v) is 10.1. The third-order valence-corrected chi connectivity index (χ3v) is 6.27. The molecule has 0 bridgehead atoms. The van der Waals surface area contributed by atoms with Gasteiger partial charge < -0.3 is 15.2 Å². The van der Waals surface area contributed by atoms with Gasteiger partial charge in [-0.25, -0.2) is 0 Å². The van der Waals surface area contributed by atoms with Gasteiger partial charge >= 0.3 is 0 Å². The zero-order valence-electron chi connectivity index (χ0n) is 22.1. The first-order valence-electron chi connectivity index (χ1n) is 12.4. The standard InChI is InChI=1S/C30H31N3O5/c1-6-38-24-14-9-19(16-23(24)30(3,4)5)27(35)25-26(20-8-7-15-31-17-20)33(29(37)28(25)36)22-12-10-21(11-13-22)32-18(2)34/h7-17,26,35H,6H2,1-5H3,(H,32,34)/b27-25-. The van der Waals surface area contributed by atoms with Crippen molar-refractivity contribution in [2.24, 2.45) is 0 Å². The maximum absolute atomic E-state index is 13.4. The minimum absolute atomic E-state index is 0.0297. The zero-order valence-corrected chi connectivity index (χ0v) is 22.1. The van der Waals surface area contributed by atoms with Crippen LogP contribution in [-0.2, 0) is 19.8 Å². The number of carbonyl (C=O) groups excluding carboxylic acids is 3. The van der Waals surface area contributed by atoms with Gasteiger partial charge in [0.25, 0.3) is 11.7 Å². The number of pyridine rings is 1. The lowest BCUT2D eigenvalue weighted by Crippen LogP contribution is -2.29. The van der Waals surface area contributed by atoms with E-state index in [9.17, 15) is 19.5 Å². The summed E-state index contributed by atoms with van der Waals surface area (Å²) in [5, 5.41) is 14.2. The van der Waals surface area contributed by atoms with Crippen LogP contribution in [-0.4, -0.2) is 34.3 Å². The highest BCUT2D eigenvalue weighted by molar-refractivity contribution is 6.51. The largest absolute Gasteiger partial charge is 0.507 e. The Morgan fingerprint density at radius 3 is 2.39 bits per heavy atom. The van der Waals surface area contributed by atoms with Gasteiger partial charge in [0.05, 0.1) is 18.2 Å². The quantitative estimate of drug-likeness (QED) is 0.261. The second kappa shape index (κ2) is 10.5. The van der Waals surface area contributed by atoms with Crippen LogP contribution in [0.1, 0.15) is 57.4 Å². The summed E-state index contributed by atoms with van der Waals surface area (Å²) in [5.74, 6) is -1.37. The lowest BCUT2D eigenvalue weighted by Gasteiger charge is -2.26. The number of carbonyl (C=O) groups is 3. The van der Waals surface area contributed by atoms with Gasteiger partial charge in [-0.15, -0.1) is 0 Å². The zero-order chi connectivity index (χ0) is 27.6. The predicted molar refractivity (Wildman–Crippen MR) is 146 cm³/mol. The van der Waals surface area contributed by atoms with Crippen LogP contribution in [0.5, 0.6) is 5.75 Å². The number of aliphatic hydroxyl groups excluding tert-OH is 1. The van der Waals surface area contributed by atoms with Crippen molar-refractivity contribution < 1.29 is 24.2 Å². The molecule has 0 spiro atoms. The Morgan fingerprint density at radius 2 is 1.82 bits per heavy atom. The molecular weight excluding hydrogens is 482 g/mol. The summed E-state index contributed by atoms with van der Waals surface area (Å²) in [7, 11) is 0. The van der Waals surface area contributed by atoms with Gasteiger partial charge in [-0.1, -0.05) is 26.8 Å². The average molecular weight is 514 g/mol. The van der Waals surface area contributed by atoms with Gasteiger partial charge in [-0.05, 0) is 66.4 Å². The lowest BCUT2D eigenvalue weighted by molar-refractivity contribution is -0.132. The minimum atomic E-state index is -0.903. The van der Waals surface area contributed by atoms with Gasteiger partial charge in [0, 0.05) is 41.8 Å². The molecule has 8 heteroatoms. The predicted octanol–water partition coefficient (Wildman–Crippen LogP) is 5.36. The number of benzene rings is 2. The third-order valence-electron chi connectivity index (χ3n) is 6.27. The van der Waals surface area contributed by atoms with Crippen molar-refractivity contribution >= 4 is 34.7 Å². The Labute approximate surface area is 222 Å². The van der Waals surface area contributed by atoms with E-state index in [1.807, 2.05) is 27.7 Å². The molecule has 1 unspecified atom stereocenters. The molecule has 4 rings (SSSR count). The number of aromatic nitrogens is 1. The fraction of sp³-hybridized carbons (Fsp3) is 0.267. The number of aliphatic hydroxyl groups is 1. The topological polar surface area (TPSA) is 109 Å². The first-order valence-corrected chi connectivity index (χ1v) is 12.4. The molecule has 3 aromatic rings. The fourth-order valence-corrected chi connectivity index (χ4v) is 4.56. The van der Waals surface area contributed by atoms with Crippen molar-refractivity contribution in [3.63, 3.8) is 0 Å². The second-order valence-electron chi connectivity index (χ2n) is 10.1. The molecule has 196 valence electrons. The van der Waals surface area contributed by atoms with Crippen LogP contribution in [0.15, 0.2) is 72.6 Å². The number of hydrogen-bond donors (Lipinski definition) is 2. The smallest absolute Gasteiger partial charge is 0.300 e. The van der Waals surface area contributed by atoms with Crippen LogP contribution in [0.4, 0.5) is 11.4 Å². The van der Waals surface area contributed by atoms with E-state index in [1.165, 1.54) is 11.8 Å². The van der Waals surface area contributed by atoms with Crippen molar-refractivity contribution in [3.8, 4) is 5.75 Å². The molecule has 1 aliphatic heterocycles. The normalized spacial score (nSPS) is 17.0. The van der Waals surface area contributed by atoms with Gasteiger partial charge in [-0.2, -0.15) is 0 Å². The van der Waals surface area contributed by atoms with E-state index in [1.54, 1.807) is 67.0 Å². The molecule has 1 atom stereocenters. The molecule has 1 saturated heterocycles. The number of nitrogens with one attached hydrogen (secondary N) is 1. The van der Waals surface area contributed by atoms with Crippen molar-refractivity contribution in [2.75, 3.05) is 16.8 Å². The lowest BCUT2D eigenvalue weighted by atomic mass is 9.84. The number of anilines is 2. The highest BCUT2D eigenvalue weighted by Gasteiger charge is 2.47. The van der Waals surface area contributed by atoms with E-state index in [2.05, 4.69) is 10.3 Å². The van der Waals surface area contributed by atoms with Crippen LogP contribution in [0.25, 0.3) is 5.76 Å². The minimum Gasteiger partial charge on any atom is -0.507 e. The molecule has 2 N–H and O–H groups in total.